The van der Waals surface area contributed by atoms with Gasteiger partial charge in [0.2, 0.25) is 5.95 Å². The maximum atomic E-state index is 11.7. The molecule has 0 aliphatic carbocycles. The summed E-state index contributed by atoms with van der Waals surface area (Å²) < 4.78 is 5.08. The molecular weight excluding hydrogens is 254 g/mol. The average Bonchev–Trinajstić information content (AvgIpc) is 2.24. The van der Waals surface area contributed by atoms with E-state index in [1.165, 1.54) is 7.05 Å². The van der Waals surface area contributed by atoms with E-state index in [0.29, 0.717) is 0 Å². The predicted octanol–water partition coefficient (Wildman–Crippen LogP) is 0.839. The van der Waals surface area contributed by atoms with Crippen molar-refractivity contribution in [1.82, 2.24) is 9.97 Å². The maximum absolute atomic E-state index is 11.7. The first-order valence-electron chi connectivity index (χ1n) is 5.41. The lowest BCUT2D eigenvalue weighted by Crippen LogP contribution is -2.36. The van der Waals surface area contributed by atoms with Gasteiger partial charge in [-0.2, -0.15) is 0 Å². The molecule has 0 spiro atoms. The van der Waals surface area contributed by atoms with Crippen LogP contribution in [0.5, 0.6) is 0 Å². The van der Waals surface area contributed by atoms with Crippen LogP contribution < -0.4 is 10.5 Å². The first-order valence-corrected chi connectivity index (χ1v) is 5.41. The van der Waals surface area contributed by atoms with E-state index < -0.39 is 28.8 Å². The molecule has 0 atom stereocenters. The van der Waals surface area contributed by atoms with Crippen LogP contribution in [0, 0.1) is 0 Å². The van der Waals surface area contributed by atoms with E-state index >= 15 is 0 Å². The topological polar surface area (TPSA) is 113 Å². The Kier molecular flexibility index (Phi) is 3.93. The van der Waals surface area contributed by atoms with Crippen LogP contribution in [-0.4, -0.2) is 39.8 Å². The summed E-state index contributed by atoms with van der Waals surface area (Å²) in [5.41, 5.74) is -2.03. The number of nitrogens with zero attached hydrogens (tertiary/aromatic N) is 2. The fourth-order valence-electron chi connectivity index (χ4n) is 1.13. The lowest BCUT2D eigenvalue weighted by atomic mass is 10.2. The summed E-state index contributed by atoms with van der Waals surface area (Å²) >= 11 is 0. The molecule has 0 fully saturated rings. The summed E-state index contributed by atoms with van der Waals surface area (Å²) in [5.74, 6) is -1.48. The van der Waals surface area contributed by atoms with Crippen molar-refractivity contribution in [3.8, 4) is 0 Å². The smallest absolute Gasteiger partial charge is 0.416 e. The van der Waals surface area contributed by atoms with Gasteiger partial charge in [-0.15, -0.1) is 0 Å². The van der Waals surface area contributed by atoms with Crippen LogP contribution in [0.4, 0.5) is 10.7 Å². The van der Waals surface area contributed by atoms with E-state index in [0.717, 1.165) is 11.1 Å². The zero-order valence-corrected chi connectivity index (χ0v) is 11.1. The highest BCUT2D eigenvalue weighted by atomic mass is 16.6. The number of nitrogens with one attached hydrogen (secondary N) is 1. The summed E-state index contributed by atoms with van der Waals surface area (Å²) in [7, 11) is 1.35. The molecule has 0 saturated heterocycles. The first kappa shape index (κ1) is 14.7. The molecule has 0 aliphatic heterocycles. The zero-order chi connectivity index (χ0) is 14.8. The molecule has 2 N–H and O–H groups in total. The van der Waals surface area contributed by atoms with Crippen molar-refractivity contribution in [2.45, 2.75) is 26.4 Å². The standard InChI is InChI=1S/C11H15N3O5/c1-11(2,3)19-10(18)14(4)9-12-5-6(8(16)17)7(15)13-9/h5H,1-4H3,(H,16,17)(H,12,13,15). The van der Waals surface area contributed by atoms with Gasteiger partial charge < -0.3 is 9.84 Å². The van der Waals surface area contributed by atoms with E-state index in [1.54, 1.807) is 20.8 Å². The number of carboxylic acid groups (broad SMARTS) is 1. The molecule has 0 radical (unpaired) electrons. The number of anilines is 1. The molecule has 0 unspecified atom stereocenters. The van der Waals surface area contributed by atoms with Crippen molar-refractivity contribution in [2.75, 3.05) is 11.9 Å². The van der Waals surface area contributed by atoms with Crippen LogP contribution in [-0.2, 0) is 4.74 Å². The van der Waals surface area contributed by atoms with Gasteiger partial charge in [-0.25, -0.2) is 14.6 Å². The molecular formula is C11H15N3O5. The highest BCUT2D eigenvalue weighted by Crippen LogP contribution is 2.11. The van der Waals surface area contributed by atoms with E-state index in [-0.39, 0.29) is 5.95 Å². The third-order valence-electron chi connectivity index (χ3n) is 2.00. The quantitative estimate of drug-likeness (QED) is 0.822. The largest absolute Gasteiger partial charge is 0.477 e. The number of carbonyl (C=O) groups excluding carboxylic acids is 1. The summed E-state index contributed by atoms with van der Waals surface area (Å²) in [6.45, 7) is 5.09. The van der Waals surface area contributed by atoms with Crippen LogP contribution >= 0.6 is 0 Å². The third kappa shape index (κ3) is 3.80. The van der Waals surface area contributed by atoms with Crippen molar-refractivity contribution >= 4 is 18.0 Å². The molecule has 0 aromatic carbocycles. The minimum Gasteiger partial charge on any atom is -0.477 e. The summed E-state index contributed by atoms with van der Waals surface area (Å²) in [4.78, 5) is 40.7. The molecule has 0 bridgehead atoms. The second kappa shape index (κ2) is 5.09. The summed E-state index contributed by atoms with van der Waals surface area (Å²) in [6.07, 6.45) is 0.177. The average molecular weight is 269 g/mol. The molecule has 1 aromatic rings. The van der Waals surface area contributed by atoms with Gasteiger partial charge in [0.25, 0.3) is 5.56 Å². The van der Waals surface area contributed by atoms with Crippen molar-refractivity contribution in [3.05, 3.63) is 22.1 Å². The van der Waals surface area contributed by atoms with Crippen LogP contribution in [0.15, 0.2) is 11.0 Å². The van der Waals surface area contributed by atoms with E-state index in [2.05, 4.69) is 9.97 Å². The van der Waals surface area contributed by atoms with Crippen LogP contribution in [0.1, 0.15) is 31.1 Å². The van der Waals surface area contributed by atoms with Gasteiger partial charge >= 0.3 is 12.1 Å². The molecule has 8 nitrogen and oxygen atoms in total. The normalized spacial score (nSPS) is 10.9. The monoisotopic (exact) mass is 269 g/mol. The number of aromatic nitrogens is 2. The maximum Gasteiger partial charge on any atom is 0.416 e. The molecule has 104 valence electrons. The minimum absolute atomic E-state index is 0.0933. The van der Waals surface area contributed by atoms with Gasteiger partial charge in [0.1, 0.15) is 11.2 Å². The molecule has 0 aliphatic rings. The van der Waals surface area contributed by atoms with Crippen LogP contribution in [0.25, 0.3) is 0 Å². The molecule has 1 amide bonds. The lowest BCUT2D eigenvalue weighted by Gasteiger charge is -2.23. The highest BCUT2D eigenvalue weighted by Gasteiger charge is 2.22. The molecule has 1 aromatic heterocycles. The first-order chi connectivity index (χ1) is 8.61. The Morgan fingerprint density at radius 2 is 2.00 bits per heavy atom. The summed E-state index contributed by atoms with van der Waals surface area (Å²) in [5, 5.41) is 8.69. The van der Waals surface area contributed by atoms with Crippen molar-refractivity contribution < 1.29 is 19.4 Å². The lowest BCUT2D eigenvalue weighted by molar-refractivity contribution is 0.0586. The second-order valence-electron chi connectivity index (χ2n) is 4.79. The number of carboxylic acids is 1. The van der Waals surface area contributed by atoms with Gasteiger partial charge in [-0.1, -0.05) is 0 Å². The van der Waals surface area contributed by atoms with Crippen LogP contribution in [0.3, 0.4) is 0 Å². The number of hydrogen-bond acceptors (Lipinski definition) is 5. The number of aromatic carboxylic acids is 1. The SMILES string of the molecule is CN(C(=O)OC(C)(C)C)c1ncc(C(=O)O)c(=O)[nH]1. The Bertz CT molecular complexity index is 558. The molecule has 1 rings (SSSR count). The van der Waals surface area contributed by atoms with Gasteiger partial charge in [0.05, 0.1) is 6.20 Å². The highest BCUT2D eigenvalue weighted by molar-refractivity contribution is 5.88. The van der Waals surface area contributed by atoms with E-state index in [9.17, 15) is 14.4 Å². The number of carbonyl (C=O) groups is 2. The van der Waals surface area contributed by atoms with Crippen molar-refractivity contribution in [1.29, 1.82) is 0 Å². The minimum atomic E-state index is -1.39. The van der Waals surface area contributed by atoms with Gasteiger partial charge in [-0.05, 0) is 20.8 Å². The fraction of sp³-hybridized carbons (Fsp3) is 0.455. The number of rotatable bonds is 2. The Morgan fingerprint density at radius 3 is 2.42 bits per heavy atom. The summed E-state index contributed by atoms with van der Waals surface area (Å²) in [6, 6.07) is 0. The fourth-order valence-corrected chi connectivity index (χ4v) is 1.13. The van der Waals surface area contributed by atoms with Crippen molar-refractivity contribution in [3.63, 3.8) is 0 Å². The van der Waals surface area contributed by atoms with Gasteiger partial charge in [0.15, 0.2) is 0 Å². The Morgan fingerprint density at radius 1 is 1.42 bits per heavy atom. The number of aromatic amines is 1. The molecule has 0 saturated carbocycles. The van der Waals surface area contributed by atoms with Gasteiger partial charge in [-0.3, -0.25) is 14.7 Å². The number of hydrogen-bond donors (Lipinski definition) is 2. The molecule has 19 heavy (non-hydrogen) atoms. The number of H-pyrrole nitrogens is 1. The zero-order valence-electron chi connectivity index (χ0n) is 11.1. The molecule has 1 heterocycles. The van der Waals surface area contributed by atoms with Crippen LogP contribution in [0.2, 0.25) is 0 Å². The Hall–Kier alpha value is -2.38. The Labute approximate surface area is 109 Å². The van der Waals surface area contributed by atoms with E-state index in [1.807, 2.05) is 0 Å². The number of ether oxygens (including phenoxy) is 1. The van der Waals surface area contributed by atoms with Gasteiger partial charge in [0, 0.05) is 7.05 Å². The Balaban J connectivity index is 2.98. The number of amides is 1. The van der Waals surface area contributed by atoms with Crippen molar-refractivity contribution in [2.24, 2.45) is 0 Å². The predicted molar refractivity (Wildman–Crippen MR) is 66.5 cm³/mol. The van der Waals surface area contributed by atoms with E-state index in [4.69, 9.17) is 9.84 Å². The molecule has 8 heteroatoms. The third-order valence-corrected chi connectivity index (χ3v) is 2.00. The second-order valence-corrected chi connectivity index (χ2v) is 4.79.